The maximum Gasteiger partial charge on any atom is 0.257 e. The zero-order chi connectivity index (χ0) is 7.14. The molecular formula is C7H9NO2. The summed E-state index contributed by atoms with van der Waals surface area (Å²) in [5.41, 5.74) is 0. The Balaban J connectivity index is 2.18. The molecule has 2 aliphatic heterocycles. The summed E-state index contributed by atoms with van der Waals surface area (Å²) < 4.78 is 0. The van der Waals surface area contributed by atoms with Crippen molar-refractivity contribution in [3.05, 3.63) is 12.3 Å². The molecule has 1 N–H and O–H groups in total. The molecule has 0 aliphatic carbocycles. The van der Waals surface area contributed by atoms with Crippen LogP contribution in [-0.4, -0.2) is 28.1 Å². The summed E-state index contributed by atoms with van der Waals surface area (Å²) in [5.74, 6) is -0.152. The highest BCUT2D eigenvalue weighted by atomic mass is 16.3. The van der Waals surface area contributed by atoms with E-state index in [1.54, 1.807) is 11.1 Å². The molecular weight excluding hydrogens is 130 g/mol. The fourth-order valence-corrected chi connectivity index (χ4v) is 1.49. The third kappa shape index (κ3) is 0.555. The van der Waals surface area contributed by atoms with Crippen LogP contribution in [0.25, 0.3) is 0 Å². The van der Waals surface area contributed by atoms with Gasteiger partial charge in [-0.05, 0) is 12.8 Å². The van der Waals surface area contributed by atoms with Crippen LogP contribution in [0.3, 0.4) is 0 Å². The lowest BCUT2D eigenvalue weighted by atomic mass is 9.92. The maximum atomic E-state index is 10.8. The first-order valence-corrected chi connectivity index (χ1v) is 3.47. The Hall–Kier alpha value is -0.830. The smallest absolute Gasteiger partial charge is 0.257 e. The number of rotatable bonds is 0. The van der Waals surface area contributed by atoms with Gasteiger partial charge in [0, 0.05) is 6.20 Å². The van der Waals surface area contributed by atoms with E-state index in [2.05, 4.69) is 0 Å². The highest BCUT2D eigenvalue weighted by Gasteiger charge is 2.45. The zero-order valence-electron chi connectivity index (χ0n) is 5.53. The number of aliphatic hydroxyl groups is 1. The third-order valence-electron chi connectivity index (χ3n) is 2.12. The molecule has 0 saturated carbocycles. The third-order valence-corrected chi connectivity index (χ3v) is 2.12. The predicted octanol–water partition coefficient (Wildman–Crippen LogP) is -0.134. The number of nitrogens with zero attached hydrogens (tertiary/aromatic N) is 1. The van der Waals surface area contributed by atoms with Crippen LogP contribution in [0.2, 0.25) is 0 Å². The first-order valence-electron chi connectivity index (χ1n) is 3.47. The number of allylic oxidation sites excluding steroid dienone is 1. The van der Waals surface area contributed by atoms with Crippen molar-refractivity contribution >= 4 is 5.91 Å². The molecule has 0 aromatic rings. The van der Waals surface area contributed by atoms with Gasteiger partial charge >= 0.3 is 0 Å². The highest BCUT2D eigenvalue weighted by molar-refractivity contribution is 5.89. The fourth-order valence-electron chi connectivity index (χ4n) is 1.49. The van der Waals surface area contributed by atoms with Crippen molar-refractivity contribution in [2.24, 2.45) is 0 Å². The lowest BCUT2D eigenvalue weighted by Crippen LogP contribution is -2.62. The van der Waals surface area contributed by atoms with E-state index in [0.29, 0.717) is 0 Å². The number of carbonyl (C=O) groups is 1. The van der Waals surface area contributed by atoms with Crippen molar-refractivity contribution in [3.8, 4) is 0 Å². The summed E-state index contributed by atoms with van der Waals surface area (Å²) in [5, 5.41) is 9.09. The lowest BCUT2D eigenvalue weighted by molar-refractivity contribution is -0.161. The van der Waals surface area contributed by atoms with Crippen molar-refractivity contribution in [3.63, 3.8) is 0 Å². The molecule has 0 aromatic heterocycles. The molecule has 0 radical (unpaired) electrons. The molecule has 1 saturated heterocycles. The van der Waals surface area contributed by atoms with Gasteiger partial charge < -0.3 is 10.0 Å². The van der Waals surface area contributed by atoms with Gasteiger partial charge in [0.15, 0.2) is 6.10 Å². The normalized spacial score (nSPS) is 37.3. The van der Waals surface area contributed by atoms with Crippen molar-refractivity contribution in [1.82, 2.24) is 4.90 Å². The van der Waals surface area contributed by atoms with Crippen LogP contribution in [-0.2, 0) is 4.79 Å². The van der Waals surface area contributed by atoms with Crippen LogP contribution in [0.4, 0.5) is 0 Å². The van der Waals surface area contributed by atoms with E-state index >= 15 is 0 Å². The van der Waals surface area contributed by atoms with Crippen LogP contribution in [0.15, 0.2) is 12.3 Å². The summed E-state index contributed by atoms with van der Waals surface area (Å²) in [6, 6.07) is 0.0810. The van der Waals surface area contributed by atoms with Crippen molar-refractivity contribution in [2.45, 2.75) is 25.0 Å². The fraction of sp³-hybridized carbons (Fsp3) is 0.571. The van der Waals surface area contributed by atoms with E-state index in [9.17, 15) is 4.79 Å². The molecule has 2 rings (SSSR count). The molecule has 1 fully saturated rings. The molecule has 0 bridgehead atoms. The van der Waals surface area contributed by atoms with Gasteiger partial charge in [0.1, 0.15) is 0 Å². The summed E-state index contributed by atoms with van der Waals surface area (Å²) in [7, 11) is 0. The number of hydrogen-bond donors (Lipinski definition) is 1. The average molecular weight is 139 g/mol. The Labute approximate surface area is 58.9 Å². The maximum absolute atomic E-state index is 10.8. The standard InChI is InChI=1S/C7H9NO2/c9-6-5-3-1-2-4-8(5)7(6)10/h2,4-6,9H,1,3H2/t5-,6?/m1/s1. The van der Waals surface area contributed by atoms with Crippen LogP contribution >= 0.6 is 0 Å². The SMILES string of the molecule is O=C1C(O)[C@H]2CCC=CN12. The molecule has 3 nitrogen and oxygen atoms in total. The Morgan fingerprint density at radius 3 is 3.20 bits per heavy atom. The first kappa shape index (κ1) is 5.92. The van der Waals surface area contributed by atoms with Gasteiger partial charge in [-0.15, -0.1) is 0 Å². The molecule has 2 atom stereocenters. The van der Waals surface area contributed by atoms with E-state index in [1.165, 1.54) is 0 Å². The minimum atomic E-state index is -0.718. The number of carbonyl (C=O) groups excluding carboxylic acids is 1. The molecule has 1 amide bonds. The summed E-state index contributed by atoms with van der Waals surface area (Å²) >= 11 is 0. The molecule has 10 heavy (non-hydrogen) atoms. The molecule has 0 aromatic carbocycles. The number of β-lactam (4-membered cyclic amide) rings is 1. The topological polar surface area (TPSA) is 40.5 Å². The average Bonchev–Trinajstić information content (AvgIpc) is 2.03. The van der Waals surface area contributed by atoms with E-state index < -0.39 is 6.10 Å². The van der Waals surface area contributed by atoms with Gasteiger partial charge in [-0.1, -0.05) is 6.08 Å². The molecule has 2 heterocycles. The van der Waals surface area contributed by atoms with Crippen LogP contribution in [0.5, 0.6) is 0 Å². The van der Waals surface area contributed by atoms with E-state index in [-0.39, 0.29) is 11.9 Å². The number of hydrogen-bond acceptors (Lipinski definition) is 2. The van der Waals surface area contributed by atoms with Gasteiger partial charge in [-0.2, -0.15) is 0 Å². The second-order valence-electron chi connectivity index (χ2n) is 2.72. The van der Waals surface area contributed by atoms with E-state index in [0.717, 1.165) is 12.8 Å². The predicted molar refractivity (Wildman–Crippen MR) is 35.0 cm³/mol. The summed E-state index contributed by atoms with van der Waals surface area (Å²) in [6.07, 6.45) is 4.89. The van der Waals surface area contributed by atoms with Gasteiger partial charge in [0.25, 0.3) is 5.91 Å². The Morgan fingerprint density at radius 1 is 1.70 bits per heavy atom. The van der Waals surface area contributed by atoms with Crippen LogP contribution in [0.1, 0.15) is 12.8 Å². The Morgan fingerprint density at radius 2 is 2.50 bits per heavy atom. The molecule has 0 spiro atoms. The minimum absolute atomic E-state index is 0.0810. The number of amides is 1. The molecule has 2 aliphatic rings. The monoisotopic (exact) mass is 139 g/mol. The Kier molecular flexibility index (Phi) is 1.08. The summed E-state index contributed by atoms with van der Waals surface area (Å²) in [6.45, 7) is 0. The molecule has 3 heteroatoms. The number of fused-ring (bicyclic) bond motifs is 1. The van der Waals surface area contributed by atoms with Crippen LogP contribution in [0, 0.1) is 0 Å². The first-order chi connectivity index (χ1) is 4.80. The zero-order valence-corrected chi connectivity index (χ0v) is 5.53. The summed E-state index contributed by atoms with van der Waals surface area (Å²) in [4.78, 5) is 12.4. The second-order valence-corrected chi connectivity index (χ2v) is 2.72. The molecule has 1 unspecified atom stereocenters. The van der Waals surface area contributed by atoms with Crippen LogP contribution < -0.4 is 0 Å². The lowest BCUT2D eigenvalue weighted by Gasteiger charge is -2.44. The van der Waals surface area contributed by atoms with Crippen molar-refractivity contribution < 1.29 is 9.90 Å². The molecule has 54 valence electrons. The second kappa shape index (κ2) is 1.83. The van der Waals surface area contributed by atoms with Crippen molar-refractivity contribution in [2.75, 3.05) is 0 Å². The Bertz CT molecular complexity index is 200. The van der Waals surface area contributed by atoms with Gasteiger partial charge in [-0.3, -0.25) is 4.79 Å². The van der Waals surface area contributed by atoms with Gasteiger partial charge in [0.2, 0.25) is 0 Å². The van der Waals surface area contributed by atoms with E-state index in [4.69, 9.17) is 5.11 Å². The quantitative estimate of drug-likeness (QED) is 0.475. The largest absolute Gasteiger partial charge is 0.381 e. The van der Waals surface area contributed by atoms with Gasteiger partial charge in [0.05, 0.1) is 6.04 Å². The van der Waals surface area contributed by atoms with Gasteiger partial charge in [-0.25, -0.2) is 0 Å². The number of aliphatic hydroxyl groups excluding tert-OH is 1. The van der Waals surface area contributed by atoms with E-state index in [1.807, 2.05) is 6.08 Å². The highest BCUT2D eigenvalue weighted by Crippen LogP contribution is 2.27. The van der Waals surface area contributed by atoms with Crippen molar-refractivity contribution in [1.29, 1.82) is 0 Å². The minimum Gasteiger partial charge on any atom is -0.381 e.